The maximum Gasteiger partial charge on any atom is 0.230 e. The predicted molar refractivity (Wildman–Crippen MR) is 133 cm³/mol. The van der Waals surface area contributed by atoms with Crippen molar-refractivity contribution in [3.8, 4) is 0 Å². The Morgan fingerprint density at radius 1 is 1.00 bits per heavy atom. The lowest BCUT2D eigenvalue weighted by Gasteiger charge is -2.34. The van der Waals surface area contributed by atoms with Crippen molar-refractivity contribution in [2.45, 2.75) is 33.2 Å². The smallest absolute Gasteiger partial charge is 0.230 e. The summed E-state index contributed by atoms with van der Waals surface area (Å²) in [7, 11) is 0. The fourth-order valence-corrected chi connectivity index (χ4v) is 5.11. The lowest BCUT2D eigenvalue weighted by Crippen LogP contribution is -2.46. The molecule has 1 aromatic heterocycles. The zero-order valence-electron chi connectivity index (χ0n) is 19.0. The average Bonchev–Trinajstić information content (AvgIpc) is 3.27. The van der Waals surface area contributed by atoms with E-state index in [0.29, 0.717) is 0 Å². The van der Waals surface area contributed by atoms with E-state index in [0.717, 1.165) is 74.2 Å². The zero-order valence-corrected chi connectivity index (χ0v) is 19.9. The molecular formula is C26H32N4OS. The normalized spacial score (nSPS) is 15.1. The topological polar surface area (TPSA) is 39.7 Å². The molecule has 0 atom stereocenters. The molecular weight excluding hydrogens is 416 g/mol. The Hall–Kier alpha value is -2.54. The van der Waals surface area contributed by atoms with Gasteiger partial charge in [-0.15, -0.1) is 11.3 Å². The molecule has 1 amide bonds. The van der Waals surface area contributed by atoms with E-state index < -0.39 is 0 Å². The maximum atomic E-state index is 12.5. The molecule has 2 heterocycles. The number of carbonyl (C=O) groups excluding carboxylic acids is 1. The van der Waals surface area contributed by atoms with Crippen LogP contribution in [0.3, 0.4) is 0 Å². The molecule has 168 valence electrons. The van der Waals surface area contributed by atoms with E-state index in [4.69, 9.17) is 4.98 Å². The van der Waals surface area contributed by atoms with Gasteiger partial charge in [-0.2, -0.15) is 0 Å². The van der Waals surface area contributed by atoms with E-state index in [1.807, 2.05) is 18.2 Å². The highest BCUT2D eigenvalue weighted by molar-refractivity contribution is 7.14. The summed E-state index contributed by atoms with van der Waals surface area (Å²) in [4.78, 5) is 24.1. The van der Waals surface area contributed by atoms with E-state index in [1.54, 1.807) is 23.2 Å². The van der Waals surface area contributed by atoms with Gasteiger partial charge in [0, 0.05) is 51.6 Å². The summed E-state index contributed by atoms with van der Waals surface area (Å²) >= 11 is 1.55. The van der Waals surface area contributed by atoms with Crippen molar-refractivity contribution in [1.29, 1.82) is 0 Å². The summed E-state index contributed by atoms with van der Waals surface area (Å²) in [6, 6.07) is 18.8. The first kappa shape index (κ1) is 22.6. The number of anilines is 2. The number of carbonyl (C=O) groups is 1. The number of nitrogens with zero attached hydrogens (tertiary/aromatic N) is 4. The monoisotopic (exact) mass is 448 g/mol. The Bertz CT molecular complexity index is 1010. The minimum atomic E-state index is -0.00108. The summed E-state index contributed by atoms with van der Waals surface area (Å²) in [6.07, 6.45) is 1.99. The van der Waals surface area contributed by atoms with Crippen LogP contribution in [0.4, 0.5) is 10.8 Å². The SMILES string of the molecule is CCc1ccccc1N(C(C)=O)c1nc(CN2CCN(CCc3ccccc3)CC2)cs1. The van der Waals surface area contributed by atoms with Crippen molar-refractivity contribution < 1.29 is 4.79 Å². The average molecular weight is 449 g/mol. The molecule has 0 radical (unpaired) electrons. The van der Waals surface area contributed by atoms with Gasteiger partial charge in [0.05, 0.1) is 11.4 Å². The van der Waals surface area contributed by atoms with Crippen LogP contribution in [0, 0.1) is 0 Å². The number of aryl methyl sites for hydroxylation is 1. The van der Waals surface area contributed by atoms with Crippen LogP contribution in [0.2, 0.25) is 0 Å². The third kappa shape index (κ3) is 5.63. The summed E-state index contributed by atoms with van der Waals surface area (Å²) < 4.78 is 0. The Balaban J connectivity index is 1.33. The van der Waals surface area contributed by atoms with Crippen LogP contribution in [0.5, 0.6) is 0 Å². The maximum absolute atomic E-state index is 12.5. The molecule has 32 heavy (non-hydrogen) atoms. The van der Waals surface area contributed by atoms with Crippen LogP contribution in [0.1, 0.15) is 30.7 Å². The molecule has 0 bridgehead atoms. The number of rotatable bonds is 8. The first-order chi connectivity index (χ1) is 15.6. The van der Waals surface area contributed by atoms with E-state index in [2.05, 4.69) is 58.5 Å². The molecule has 1 aliphatic rings. The van der Waals surface area contributed by atoms with Crippen LogP contribution in [-0.4, -0.2) is 53.4 Å². The molecule has 0 spiro atoms. The van der Waals surface area contributed by atoms with Crippen LogP contribution in [0.15, 0.2) is 60.0 Å². The first-order valence-electron chi connectivity index (χ1n) is 11.5. The fraction of sp³-hybridized carbons (Fsp3) is 0.385. The summed E-state index contributed by atoms with van der Waals surface area (Å²) in [5.74, 6) is -0.00108. The van der Waals surface area contributed by atoms with Crippen molar-refractivity contribution in [2.24, 2.45) is 0 Å². The van der Waals surface area contributed by atoms with Crippen LogP contribution in [0.25, 0.3) is 0 Å². The quantitative estimate of drug-likeness (QED) is 0.499. The molecule has 6 heteroatoms. The van der Waals surface area contributed by atoms with Gasteiger partial charge in [-0.3, -0.25) is 14.6 Å². The van der Waals surface area contributed by atoms with Gasteiger partial charge in [-0.25, -0.2) is 4.98 Å². The standard InChI is InChI=1S/C26H32N4OS/c1-3-23-11-7-8-12-25(23)30(21(2)31)26-27-24(20-32-26)19-29-17-15-28(16-18-29)14-13-22-9-5-4-6-10-22/h4-12,20H,3,13-19H2,1-2H3. The van der Waals surface area contributed by atoms with E-state index in [9.17, 15) is 4.79 Å². The number of piperazine rings is 1. The predicted octanol–water partition coefficient (Wildman–Crippen LogP) is 4.75. The van der Waals surface area contributed by atoms with Crippen LogP contribution < -0.4 is 4.90 Å². The molecule has 0 unspecified atom stereocenters. The van der Waals surface area contributed by atoms with Gasteiger partial charge in [0.25, 0.3) is 0 Å². The largest absolute Gasteiger partial charge is 0.300 e. The number of benzene rings is 2. The van der Waals surface area contributed by atoms with Gasteiger partial charge in [-0.1, -0.05) is 55.5 Å². The number of aromatic nitrogens is 1. The second-order valence-electron chi connectivity index (χ2n) is 8.31. The van der Waals surface area contributed by atoms with E-state index >= 15 is 0 Å². The highest BCUT2D eigenvalue weighted by Gasteiger charge is 2.22. The minimum absolute atomic E-state index is 0.00108. The number of hydrogen-bond acceptors (Lipinski definition) is 5. The van der Waals surface area contributed by atoms with Crippen molar-refractivity contribution >= 4 is 28.1 Å². The molecule has 3 aromatic rings. The van der Waals surface area contributed by atoms with Crippen LogP contribution >= 0.6 is 11.3 Å². The molecule has 5 nitrogen and oxygen atoms in total. The highest BCUT2D eigenvalue weighted by atomic mass is 32.1. The van der Waals surface area contributed by atoms with E-state index in [-0.39, 0.29) is 5.91 Å². The Labute approximate surface area is 195 Å². The lowest BCUT2D eigenvalue weighted by atomic mass is 10.1. The minimum Gasteiger partial charge on any atom is -0.300 e. The molecule has 0 saturated carbocycles. The molecule has 0 aliphatic carbocycles. The van der Waals surface area contributed by atoms with Gasteiger partial charge in [0.1, 0.15) is 0 Å². The molecule has 2 aromatic carbocycles. The Morgan fingerprint density at radius 2 is 1.69 bits per heavy atom. The molecule has 1 saturated heterocycles. The number of amides is 1. The summed E-state index contributed by atoms with van der Waals surface area (Å²) in [5, 5.41) is 2.86. The number of para-hydroxylation sites is 1. The summed E-state index contributed by atoms with van der Waals surface area (Å²) in [5.41, 5.74) is 4.55. The van der Waals surface area contributed by atoms with Gasteiger partial charge in [0.15, 0.2) is 5.13 Å². The van der Waals surface area contributed by atoms with Gasteiger partial charge in [-0.05, 0) is 30.0 Å². The lowest BCUT2D eigenvalue weighted by molar-refractivity contribution is -0.115. The molecule has 0 N–H and O–H groups in total. The van der Waals surface area contributed by atoms with Gasteiger partial charge >= 0.3 is 0 Å². The van der Waals surface area contributed by atoms with Gasteiger partial charge < -0.3 is 4.90 Å². The van der Waals surface area contributed by atoms with Crippen molar-refractivity contribution in [3.05, 3.63) is 76.8 Å². The third-order valence-corrected chi connectivity index (χ3v) is 6.94. The highest BCUT2D eigenvalue weighted by Crippen LogP contribution is 2.32. The molecule has 1 fully saturated rings. The fourth-order valence-electron chi connectivity index (χ4n) is 4.24. The Kier molecular flexibility index (Phi) is 7.68. The zero-order chi connectivity index (χ0) is 22.3. The first-order valence-corrected chi connectivity index (χ1v) is 12.3. The van der Waals surface area contributed by atoms with Gasteiger partial charge in [0.2, 0.25) is 5.91 Å². The van der Waals surface area contributed by atoms with Crippen LogP contribution in [-0.2, 0) is 24.2 Å². The van der Waals surface area contributed by atoms with Crippen molar-refractivity contribution in [2.75, 3.05) is 37.6 Å². The number of thiazole rings is 1. The van der Waals surface area contributed by atoms with Crippen molar-refractivity contribution in [1.82, 2.24) is 14.8 Å². The molecule has 4 rings (SSSR count). The second kappa shape index (κ2) is 10.9. The van der Waals surface area contributed by atoms with E-state index in [1.165, 1.54) is 5.56 Å². The molecule has 1 aliphatic heterocycles. The summed E-state index contributed by atoms with van der Waals surface area (Å²) in [6.45, 7) is 9.97. The second-order valence-corrected chi connectivity index (χ2v) is 9.15. The third-order valence-electron chi connectivity index (χ3n) is 6.07. The Morgan fingerprint density at radius 3 is 2.41 bits per heavy atom. The number of hydrogen-bond donors (Lipinski definition) is 0. The van der Waals surface area contributed by atoms with Crippen molar-refractivity contribution in [3.63, 3.8) is 0 Å².